The number of aromatic nitrogens is 4. The van der Waals surface area contributed by atoms with Crippen LogP contribution in [0, 0.1) is 0 Å². The summed E-state index contributed by atoms with van der Waals surface area (Å²) in [4.78, 5) is 13.7. The molecule has 0 radical (unpaired) electrons. The van der Waals surface area contributed by atoms with Crippen molar-refractivity contribution in [3.8, 4) is 22.1 Å². The third kappa shape index (κ3) is 3.67. The zero-order valence-corrected chi connectivity index (χ0v) is 17.0. The smallest absolute Gasteiger partial charge is 0.274 e. The lowest BCUT2D eigenvalue weighted by Crippen LogP contribution is -2.33. The van der Waals surface area contributed by atoms with Gasteiger partial charge in [0.05, 0.1) is 23.3 Å². The summed E-state index contributed by atoms with van der Waals surface area (Å²) in [5.74, 6) is 1.24. The van der Waals surface area contributed by atoms with Crippen LogP contribution >= 0.6 is 11.3 Å². The molecule has 1 atom stereocenters. The van der Waals surface area contributed by atoms with E-state index in [0.29, 0.717) is 24.5 Å². The second-order valence-corrected chi connectivity index (χ2v) is 7.87. The predicted octanol–water partition coefficient (Wildman–Crippen LogP) is 3.44. The number of nitrogens with zero attached hydrogens (tertiary/aromatic N) is 4. The summed E-state index contributed by atoms with van der Waals surface area (Å²) in [7, 11) is 1.76. The first-order valence-electron chi connectivity index (χ1n) is 9.46. The van der Waals surface area contributed by atoms with Crippen molar-refractivity contribution in [2.24, 2.45) is 7.05 Å². The van der Waals surface area contributed by atoms with Crippen LogP contribution in [0.25, 0.3) is 10.6 Å². The summed E-state index contributed by atoms with van der Waals surface area (Å²) in [6, 6.07) is 13.3. The molecule has 0 saturated heterocycles. The maximum Gasteiger partial charge on any atom is 0.274 e. The third-order valence-electron chi connectivity index (χ3n) is 4.74. The van der Waals surface area contributed by atoms with E-state index in [4.69, 9.17) is 9.47 Å². The molecule has 1 unspecified atom stereocenters. The number of aryl methyl sites for hydroxylation is 1. The summed E-state index contributed by atoms with van der Waals surface area (Å²) in [6.07, 6.45) is 3.23. The SMILES string of the molecule is Cn1nc(-c2cccs2)cc1C(=O)Nc1cnn(CC2COc3ccccc3O2)c1. The number of nitrogens with one attached hydrogen (secondary N) is 1. The minimum atomic E-state index is -0.237. The molecule has 1 amide bonds. The normalized spacial score (nSPS) is 15.2. The van der Waals surface area contributed by atoms with Crippen LogP contribution in [-0.4, -0.2) is 38.2 Å². The van der Waals surface area contributed by atoms with E-state index < -0.39 is 0 Å². The predicted molar refractivity (Wildman–Crippen MR) is 113 cm³/mol. The molecule has 1 aliphatic rings. The van der Waals surface area contributed by atoms with Crippen molar-refractivity contribution in [1.82, 2.24) is 19.6 Å². The molecular formula is C21H19N5O3S. The molecule has 30 heavy (non-hydrogen) atoms. The molecule has 9 heteroatoms. The molecule has 0 spiro atoms. The Kier molecular flexibility index (Phi) is 4.72. The monoisotopic (exact) mass is 421 g/mol. The van der Waals surface area contributed by atoms with Gasteiger partial charge in [-0.1, -0.05) is 18.2 Å². The highest BCUT2D eigenvalue weighted by molar-refractivity contribution is 7.13. The molecule has 3 aromatic heterocycles. The van der Waals surface area contributed by atoms with Gasteiger partial charge in [-0.05, 0) is 29.6 Å². The zero-order valence-electron chi connectivity index (χ0n) is 16.2. The van der Waals surface area contributed by atoms with Crippen LogP contribution in [-0.2, 0) is 13.6 Å². The van der Waals surface area contributed by atoms with E-state index in [1.54, 1.807) is 46.2 Å². The van der Waals surface area contributed by atoms with E-state index in [2.05, 4.69) is 15.5 Å². The number of anilines is 1. The van der Waals surface area contributed by atoms with Crippen molar-refractivity contribution >= 4 is 22.9 Å². The van der Waals surface area contributed by atoms with Crippen molar-refractivity contribution in [2.75, 3.05) is 11.9 Å². The Balaban J connectivity index is 1.24. The number of thiophene rings is 1. The molecule has 4 heterocycles. The maximum absolute atomic E-state index is 12.7. The Hall–Kier alpha value is -3.59. The lowest BCUT2D eigenvalue weighted by molar-refractivity contribution is 0.0759. The highest BCUT2D eigenvalue weighted by atomic mass is 32.1. The number of para-hydroxylation sites is 2. The molecular weight excluding hydrogens is 402 g/mol. The second kappa shape index (κ2) is 7.68. The molecule has 8 nitrogen and oxygen atoms in total. The summed E-state index contributed by atoms with van der Waals surface area (Å²) in [5, 5.41) is 13.6. The van der Waals surface area contributed by atoms with Crippen molar-refractivity contribution < 1.29 is 14.3 Å². The van der Waals surface area contributed by atoms with Gasteiger partial charge in [0, 0.05) is 13.2 Å². The Bertz CT molecular complexity index is 1180. The summed E-state index contributed by atoms with van der Waals surface area (Å²) >= 11 is 1.59. The minimum Gasteiger partial charge on any atom is -0.486 e. The number of hydrogen-bond donors (Lipinski definition) is 1. The van der Waals surface area contributed by atoms with E-state index in [9.17, 15) is 4.79 Å². The molecule has 0 saturated carbocycles. The van der Waals surface area contributed by atoms with Gasteiger partial charge < -0.3 is 14.8 Å². The van der Waals surface area contributed by atoms with Gasteiger partial charge in [-0.3, -0.25) is 14.2 Å². The van der Waals surface area contributed by atoms with Crippen molar-refractivity contribution in [1.29, 1.82) is 0 Å². The van der Waals surface area contributed by atoms with Gasteiger partial charge in [0.25, 0.3) is 5.91 Å². The second-order valence-electron chi connectivity index (χ2n) is 6.92. The molecule has 1 aliphatic heterocycles. The Labute approximate surface area is 176 Å². The van der Waals surface area contributed by atoms with Crippen LogP contribution < -0.4 is 14.8 Å². The molecule has 1 aromatic carbocycles. The van der Waals surface area contributed by atoms with Gasteiger partial charge in [0.15, 0.2) is 17.6 Å². The van der Waals surface area contributed by atoms with Gasteiger partial charge in [0.1, 0.15) is 18.0 Å². The highest BCUT2D eigenvalue weighted by Gasteiger charge is 2.22. The Morgan fingerprint density at radius 3 is 2.97 bits per heavy atom. The van der Waals surface area contributed by atoms with E-state index >= 15 is 0 Å². The highest BCUT2D eigenvalue weighted by Crippen LogP contribution is 2.31. The fraction of sp³-hybridized carbons (Fsp3) is 0.190. The summed E-state index contributed by atoms with van der Waals surface area (Å²) < 4.78 is 15.0. The zero-order chi connectivity index (χ0) is 20.5. The van der Waals surface area contributed by atoms with Gasteiger partial charge in [-0.25, -0.2) is 0 Å². The standard InChI is InChI=1S/C21H19N5O3S/c1-25-17(9-16(24-25)20-7-4-8-30-20)21(27)23-14-10-22-26(11-14)12-15-13-28-18-5-2-3-6-19(18)29-15/h2-11,15H,12-13H2,1H3,(H,23,27). The molecule has 5 rings (SSSR count). The van der Waals surface area contributed by atoms with Crippen molar-refractivity contribution in [3.05, 3.63) is 65.9 Å². The largest absolute Gasteiger partial charge is 0.486 e. The van der Waals surface area contributed by atoms with E-state index in [1.807, 2.05) is 41.8 Å². The van der Waals surface area contributed by atoms with Crippen LogP contribution in [0.2, 0.25) is 0 Å². The van der Waals surface area contributed by atoms with Crippen LogP contribution in [0.1, 0.15) is 10.5 Å². The average molecular weight is 421 g/mol. The number of amides is 1. The number of hydrogen-bond acceptors (Lipinski definition) is 6. The van der Waals surface area contributed by atoms with Crippen molar-refractivity contribution in [2.45, 2.75) is 12.6 Å². The van der Waals surface area contributed by atoms with Crippen LogP contribution in [0.15, 0.2) is 60.2 Å². The first kappa shape index (κ1) is 18.4. The lowest BCUT2D eigenvalue weighted by atomic mass is 10.2. The van der Waals surface area contributed by atoms with E-state index in [0.717, 1.165) is 22.1 Å². The molecule has 152 valence electrons. The fourth-order valence-corrected chi connectivity index (χ4v) is 3.99. The van der Waals surface area contributed by atoms with Crippen LogP contribution in [0.5, 0.6) is 11.5 Å². The van der Waals surface area contributed by atoms with Crippen LogP contribution in [0.3, 0.4) is 0 Å². The number of rotatable bonds is 5. The molecule has 0 fully saturated rings. The van der Waals surface area contributed by atoms with Gasteiger partial charge in [-0.15, -0.1) is 11.3 Å². The Morgan fingerprint density at radius 1 is 1.27 bits per heavy atom. The number of carbonyl (C=O) groups excluding carboxylic acids is 1. The summed E-state index contributed by atoms with van der Waals surface area (Å²) in [6.45, 7) is 0.956. The fourth-order valence-electron chi connectivity index (χ4n) is 3.31. The lowest BCUT2D eigenvalue weighted by Gasteiger charge is -2.26. The Morgan fingerprint density at radius 2 is 2.13 bits per heavy atom. The average Bonchev–Trinajstić information content (AvgIpc) is 3.49. The summed E-state index contributed by atoms with van der Waals surface area (Å²) in [5.41, 5.74) is 1.87. The third-order valence-corrected chi connectivity index (χ3v) is 5.63. The van der Waals surface area contributed by atoms with Gasteiger partial charge in [-0.2, -0.15) is 10.2 Å². The minimum absolute atomic E-state index is 0.159. The van der Waals surface area contributed by atoms with Gasteiger partial charge in [0.2, 0.25) is 0 Å². The first-order chi connectivity index (χ1) is 14.7. The molecule has 1 N–H and O–H groups in total. The molecule has 0 bridgehead atoms. The van der Waals surface area contributed by atoms with Crippen molar-refractivity contribution in [3.63, 3.8) is 0 Å². The van der Waals surface area contributed by atoms with Crippen LogP contribution in [0.4, 0.5) is 5.69 Å². The van der Waals surface area contributed by atoms with Gasteiger partial charge >= 0.3 is 0 Å². The first-order valence-corrected chi connectivity index (χ1v) is 10.3. The number of ether oxygens (including phenoxy) is 2. The molecule has 4 aromatic rings. The topological polar surface area (TPSA) is 83.2 Å². The maximum atomic E-state index is 12.7. The molecule has 0 aliphatic carbocycles. The number of fused-ring (bicyclic) bond motifs is 1. The quantitative estimate of drug-likeness (QED) is 0.534. The number of benzene rings is 1. The van der Waals surface area contributed by atoms with E-state index in [-0.39, 0.29) is 12.0 Å². The van der Waals surface area contributed by atoms with E-state index in [1.165, 1.54) is 0 Å². The number of carbonyl (C=O) groups is 1.